The normalized spacial score (nSPS) is 16.2. The van der Waals surface area contributed by atoms with Crippen LogP contribution in [-0.2, 0) is 14.8 Å². The van der Waals surface area contributed by atoms with Gasteiger partial charge in [-0.3, -0.25) is 9.69 Å². The molecule has 3 rings (SSSR count). The zero-order chi connectivity index (χ0) is 20.1. The fourth-order valence-corrected chi connectivity index (χ4v) is 4.94. The van der Waals surface area contributed by atoms with E-state index in [-0.39, 0.29) is 10.8 Å². The van der Waals surface area contributed by atoms with Crippen LogP contribution in [0.25, 0.3) is 0 Å². The van der Waals surface area contributed by atoms with Gasteiger partial charge in [-0.2, -0.15) is 4.31 Å². The maximum absolute atomic E-state index is 12.9. The van der Waals surface area contributed by atoms with Gasteiger partial charge in [0.2, 0.25) is 15.9 Å². The number of carbonyl (C=O) groups excluding carboxylic acids is 1. The van der Waals surface area contributed by atoms with Gasteiger partial charge in [0, 0.05) is 18.8 Å². The SMILES string of the molecule is CCN(C)[C@H](C(=O)Nc1ccc(S(=O)(=O)N2CCCC2)cc1)c1ccccc1. The minimum atomic E-state index is -3.45. The number of carbonyl (C=O) groups is 1. The Labute approximate surface area is 167 Å². The average molecular weight is 402 g/mol. The van der Waals surface area contributed by atoms with E-state index in [9.17, 15) is 13.2 Å². The van der Waals surface area contributed by atoms with Crippen LogP contribution in [0.2, 0.25) is 0 Å². The van der Waals surface area contributed by atoms with Gasteiger partial charge in [-0.25, -0.2) is 8.42 Å². The minimum absolute atomic E-state index is 0.147. The summed E-state index contributed by atoms with van der Waals surface area (Å²) >= 11 is 0. The third-order valence-electron chi connectivity index (χ3n) is 5.13. The molecule has 1 N–H and O–H groups in total. The summed E-state index contributed by atoms with van der Waals surface area (Å²) < 4.78 is 26.8. The van der Waals surface area contributed by atoms with Crippen LogP contribution in [0, 0.1) is 0 Å². The second-order valence-corrected chi connectivity index (χ2v) is 8.95. The molecule has 0 spiro atoms. The molecule has 1 aliphatic heterocycles. The number of nitrogens with one attached hydrogen (secondary N) is 1. The zero-order valence-corrected chi connectivity index (χ0v) is 17.2. The molecular weight excluding hydrogens is 374 g/mol. The van der Waals surface area contributed by atoms with Gasteiger partial charge in [0.15, 0.2) is 0 Å². The van der Waals surface area contributed by atoms with Crippen molar-refractivity contribution in [3.8, 4) is 0 Å². The summed E-state index contributed by atoms with van der Waals surface area (Å²) in [6.07, 6.45) is 1.80. The number of likely N-dealkylation sites (N-methyl/N-ethyl adjacent to an activating group) is 1. The summed E-state index contributed by atoms with van der Waals surface area (Å²) in [6, 6.07) is 15.6. The van der Waals surface area contributed by atoms with E-state index >= 15 is 0 Å². The molecule has 2 aromatic carbocycles. The summed E-state index contributed by atoms with van der Waals surface area (Å²) in [4.78, 5) is 15.2. The van der Waals surface area contributed by atoms with E-state index in [4.69, 9.17) is 0 Å². The van der Waals surface area contributed by atoms with Gasteiger partial charge in [-0.1, -0.05) is 37.3 Å². The Morgan fingerprint density at radius 3 is 2.25 bits per heavy atom. The molecule has 0 saturated carbocycles. The average Bonchev–Trinajstić information content (AvgIpc) is 3.25. The number of rotatable bonds is 7. The lowest BCUT2D eigenvalue weighted by atomic mass is 10.0. The van der Waals surface area contributed by atoms with Gasteiger partial charge in [-0.15, -0.1) is 0 Å². The highest BCUT2D eigenvalue weighted by molar-refractivity contribution is 7.89. The number of benzene rings is 2. The van der Waals surface area contributed by atoms with Crippen LogP contribution in [-0.4, -0.2) is 50.2 Å². The first-order chi connectivity index (χ1) is 13.4. The van der Waals surface area contributed by atoms with Gasteiger partial charge in [0.25, 0.3) is 0 Å². The van der Waals surface area contributed by atoms with Crippen LogP contribution in [0.15, 0.2) is 59.5 Å². The van der Waals surface area contributed by atoms with E-state index < -0.39 is 16.1 Å². The van der Waals surface area contributed by atoms with E-state index in [2.05, 4.69) is 5.32 Å². The van der Waals surface area contributed by atoms with Crippen LogP contribution in [0.5, 0.6) is 0 Å². The molecule has 1 amide bonds. The predicted octanol–water partition coefficient (Wildman–Crippen LogP) is 3.10. The van der Waals surface area contributed by atoms with Crippen molar-refractivity contribution in [2.75, 3.05) is 32.0 Å². The molecule has 1 saturated heterocycles. The third kappa shape index (κ3) is 4.43. The fraction of sp³-hybridized carbons (Fsp3) is 0.381. The minimum Gasteiger partial charge on any atom is -0.324 e. The van der Waals surface area contributed by atoms with Gasteiger partial charge in [0.05, 0.1) is 4.90 Å². The number of amides is 1. The molecule has 28 heavy (non-hydrogen) atoms. The molecule has 1 heterocycles. The molecule has 0 radical (unpaired) electrons. The van der Waals surface area contributed by atoms with Gasteiger partial charge < -0.3 is 5.32 Å². The Balaban J connectivity index is 1.76. The number of sulfonamides is 1. The predicted molar refractivity (Wildman–Crippen MR) is 111 cm³/mol. The van der Waals surface area contributed by atoms with Crippen LogP contribution in [0.1, 0.15) is 31.4 Å². The van der Waals surface area contributed by atoms with Gasteiger partial charge in [-0.05, 0) is 56.3 Å². The van der Waals surface area contributed by atoms with E-state index in [1.807, 2.05) is 49.2 Å². The zero-order valence-electron chi connectivity index (χ0n) is 16.3. The first-order valence-corrected chi connectivity index (χ1v) is 11.0. The highest BCUT2D eigenvalue weighted by Gasteiger charge is 2.27. The third-order valence-corrected chi connectivity index (χ3v) is 7.04. The van der Waals surface area contributed by atoms with Crippen molar-refractivity contribution in [1.82, 2.24) is 9.21 Å². The quantitative estimate of drug-likeness (QED) is 0.774. The Hall–Kier alpha value is -2.22. The van der Waals surface area contributed by atoms with Crippen molar-refractivity contribution in [2.24, 2.45) is 0 Å². The first kappa shape index (κ1) is 20.5. The van der Waals surface area contributed by atoms with Gasteiger partial charge >= 0.3 is 0 Å². The lowest BCUT2D eigenvalue weighted by Gasteiger charge is -2.26. The summed E-state index contributed by atoms with van der Waals surface area (Å²) in [6.45, 7) is 3.87. The summed E-state index contributed by atoms with van der Waals surface area (Å²) in [5, 5.41) is 2.91. The summed E-state index contributed by atoms with van der Waals surface area (Å²) in [7, 11) is -1.54. The lowest BCUT2D eigenvalue weighted by Crippen LogP contribution is -2.34. The Kier molecular flexibility index (Phi) is 6.49. The second-order valence-electron chi connectivity index (χ2n) is 7.01. The van der Waals surface area contributed by atoms with Crippen LogP contribution in [0.3, 0.4) is 0 Å². The Morgan fingerprint density at radius 1 is 1.07 bits per heavy atom. The molecule has 1 atom stereocenters. The molecule has 0 unspecified atom stereocenters. The molecule has 0 bridgehead atoms. The molecule has 7 heteroatoms. The molecule has 1 fully saturated rings. The Morgan fingerprint density at radius 2 is 1.68 bits per heavy atom. The van der Waals surface area contributed by atoms with Gasteiger partial charge in [0.1, 0.15) is 6.04 Å². The standard InChI is InChI=1S/C21H27N3O3S/c1-3-23(2)20(17-9-5-4-6-10-17)21(25)22-18-11-13-19(14-12-18)28(26,27)24-15-7-8-16-24/h4-6,9-14,20H,3,7-8,15-16H2,1-2H3,(H,22,25)/t20-/m0/s1. The van der Waals surface area contributed by atoms with E-state index in [1.54, 1.807) is 24.3 Å². The van der Waals surface area contributed by atoms with Crippen molar-refractivity contribution in [1.29, 1.82) is 0 Å². The van der Waals surface area contributed by atoms with E-state index in [1.165, 1.54) is 4.31 Å². The Bertz CT molecular complexity index is 892. The first-order valence-electron chi connectivity index (χ1n) is 9.59. The van der Waals surface area contributed by atoms with E-state index in [0.29, 0.717) is 18.8 Å². The molecule has 1 aliphatic rings. The summed E-state index contributed by atoms with van der Waals surface area (Å²) in [5.41, 5.74) is 1.49. The van der Waals surface area contributed by atoms with Crippen molar-refractivity contribution in [2.45, 2.75) is 30.7 Å². The highest BCUT2D eigenvalue weighted by Crippen LogP contribution is 2.24. The lowest BCUT2D eigenvalue weighted by molar-refractivity contribution is -0.121. The fourth-order valence-electron chi connectivity index (χ4n) is 3.42. The number of hydrogen-bond donors (Lipinski definition) is 1. The second kappa shape index (κ2) is 8.86. The molecule has 0 aliphatic carbocycles. The number of nitrogens with zero attached hydrogens (tertiary/aromatic N) is 2. The van der Waals surface area contributed by atoms with E-state index in [0.717, 1.165) is 24.9 Å². The summed E-state index contributed by atoms with van der Waals surface area (Å²) in [5.74, 6) is -0.147. The monoisotopic (exact) mass is 401 g/mol. The number of hydrogen-bond acceptors (Lipinski definition) is 4. The molecule has 150 valence electrons. The smallest absolute Gasteiger partial charge is 0.246 e. The van der Waals surface area contributed by atoms with Crippen molar-refractivity contribution in [3.05, 3.63) is 60.2 Å². The molecule has 2 aromatic rings. The maximum Gasteiger partial charge on any atom is 0.246 e. The highest BCUT2D eigenvalue weighted by atomic mass is 32.2. The van der Waals surface area contributed by atoms with Crippen molar-refractivity contribution >= 4 is 21.6 Å². The molecular formula is C21H27N3O3S. The topological polar surface area (TPSA) is 69.7 Å². The van der Waals surface area contributed by atoms with Crippen molar-refractivity contribution in [3.63, 3.8) is 0 Å². The van der Waals surface area contributed by atoms with Crippen LogP contribution in [0.4, 0.5) is 5.69 Å². The maximum atomic E-state index is 12.9. The molecule has 6 nitrogen and oxygen atoms in total. The van der Waals surface area contributed by atoms with Crippen LogP contribution >= 0.6 is 0 Å². The number of anilines is 1. The van der Waals surface area contributed by atoms with Crippen molar-refractivity contribution < 1.29 is 13.2 Å². The largest absolute Gasteiger partial charge is 0.324 e. The van der Waals surface area contributed by atoms with Crippen LogP contribution < -0.4 is 5.32 Å². The molecule has 0 aromatic heterocycles.